The summed E-state index contributed by atoms with van der Waals surface area (Å²) < 4.78 is 1.84. The van der Waals surface area contributed by atoms with E-state index in [2.05, 4.69) is 29.4 Å². The van der Waals surface area contributed by atoms with Crippen LogP contribution in [0, 0.1) is 6.92 Å². The zero-order chi connectivity index (χ0) is 12.5. The second kappa shape index (κ2) is 4.23. The maximum atomic E-state index is 5.81. The van der Waals surface area contributed by atoms with Crippen molar-refractivity contribution >= 4 is 11.0 Å². The van der Waals surface area contributed by atoms with E-state index >= 15 is 0 Å². The Kier molecular flexibility index (Phi) is 2.57. The van der Waals surface area contributed by atoms with Crippen molar-refractivity contribution in [2.45, 2.75) is 13.5 Å². The van der Waals surface area contributed by atoms with Crippen molar-refractivity contribution in [2.75, 3.05) is 0 Å². The minimum atomic E-state index is 0.491. The quantitative estimate of drug-likeness (QED) is 0.744. The first-order valence-electron chi connectivity index (χ1n) is 5.90. The van der Waals surface area contributed by atoms with Crippen LogP contribution in [-0.4, -0.2) is 15.0 Å². The van der Waals surface area contributed by atoms with Crippen LogP contribution in [0.2, 0.25) is 0 Å². The van der Waals surface area contributed by atoms with Crippen LogP contribution in [0.3, 0.4) is 0 Å². The third-order valence-corrected chi connectivity index (χ3v) is 3.03. The van der Waals surface area contributed by atoms with Crippen LogP contribution in [0.5, 0.6) is 0 Å². The first-order valence-corrected chi connectivity index (χ1v) is 5.90. The van der Waals surface area contributed by atoms with Crippen molar-refractivity contribution in [1.29, 1.82) is 0 Å². The van der Waals surface area contributed by atoms with Gasteiger partial charge in [0.25, 0.3) is 0 Å². The van der Waals surface area contributed by atoms with Gasteiger partial charge in [-0.3, -0.25) is 0 Å². The third kappa shape index (κ3) is 1.67. The van der Waals surface area contributed by atoms with Gasteiger partial charge < -0.3 is 5.73 Å². The molecule has 0 unspecified atom stereocenters. The summed E-state index contributed by atoms with van der Waals surface area (Å²) in [5.74, 6) is 0. The molecule has 0 amide bonds. The standard InChI is InChI=1S/C14H14N4/c1-10-6-7-13(11(8-10)9-15)18-14-5-3-2-4-12(14)16-17-18/h2-8H,9,15H2,1H3. The highest BCUT2D eigenvalue weighted by atomic mass is 15.4. The first kappa shape index (κ1) is 10.9. The Hall–Kier alpha value is -2.20. The molecule has 4 nitrogen and oxygen atoms in total. The van der Waals surface area contributed by atoms with Crippen molar-refractivity contribution in [2.24, 2.45) is 5.73 Å². The maximum absolute atomic E-state index is 5.81. The average molecular weight is 238 g/mol. The van der Waals surface area contributed by atoms with Crippen LogP contribution in [0.4, 0.5) is 0 Å². The molecule has 2 N–H and O–H groups in total. The van der Waals surface area contributed by atoms with E-state index < -0.39 is 0 Å². The summed E-state index contributed by atoms with van der Waals surface area (Å²) in [6.45, 7) is 2.55. The Morgan fingerprint density at radius 1 is 1.17 bits per heavy atom. The molecule has 3 aromatic rings. The molecule has 0 aliphatic heterocycles. The molecule has 0 saturated carbocycles. The molecule has 4 heteroatoms. The summed E-state index contributed by atoms with van der Waals surface area (Å²) in [5.41, 5.74) is 11.0. The Labute approximate surface area is 105 Å². The fraction of sp³-hybridized carbons (Fsp3) is 0.143. The van der Waals surface area contributed by atoms with Crippen molar-refractivity contribution in [3.05, 3.63) is 53.6 Å². The van der Waals surface area contributed by atoms with Crippen molar-refractivity contribution in [1.82, 2.24) is 15.0 Å². The number of para-hydroxylation sites is 1. The molecule has 2 aromatic carbocycles. The van der Waals surface area contributed by atoms with E-state index in [0.717, 1.165) is 22.3 Å². The molecule has 3 rings (SSSR count). The van der Waals surface area contributed by atoms with Crippen LogP contribution in [0.15, 0.2) is 42.5 Å². The lowest BCUT2D eigenvalue weighted by Gasteiger charge is -2.09. The van der Waals surface area contributed by atoms with Gasteiger partial charge in [-0.2, -0.15) is 0 Å². The van der Waals surface area contributed by atoms with E-state index in [1.807, 2.05) is 35.0 Å². The van der Waals surface area contributed by atoms with Crippen LogP contribution >= 0.6 is 0 Å². The lowest BCUT2D eigenvalue weighted by Crippen LogP contribution is -2.06. The zero-order valence-electron chi connectivity index (χ0n) is 10.2. The lowest BCUT2D eigenvalue weighted by atomic mass is 10.1. The van der Waals surface area contributed by atoms with Crippen molar-refractivity contribution in [3.63, 3.8) is 0 Å². The Morgan fingerprint density at radius 2 is 2.00 bits per heavy atom. The summed E-state index contributed by atoms with van der Waals surface area (Å²) in [6.07, 6.45) is 0. The lowest BCUT2D eigenvalue weighted by molar-refractivity contribution is 0.811. The normalized spacial score (nSPS) is 11.0. The summed E-state index contributed by atoms with van der Waals surface area (Å²) in [6, 6.07) is 14.1. The van der Waals surface area contributed by atoms with Gasteiger partial charge in [0.2, 0.25) is 0 Å². The minimum Gasteiger partial charge on any atom is -0.326 e. The second-order valence-corrected chi connectivity index (χ2v) is 4.33. The van der Waals surface area contributed by atoms with Gasteiger partial charge in [0, 0.05) is 6.54 Å². The van der Waals surface area contributed by atoms with Crippen molar-refractivity contribution in [3.8, 4) is 5.69 Å². The van der Waals surface area contributed by atoms with Gasteiger partial charge in [-0.1, -0.05) is 35.0 Å². The molecule has 0 saturated heterocycles. The number of rotatable bonds is 2. The topological polar surface area (TPSA) is 56.7 Å². The predicted molar refractivity (Wildman–Crippen MR) is 71.5 cm³/mol. The van der Waals surface area contributed by atoms with Crippen LogP contribution in [-0.2, 0) is 6.54 Å². The number of aryl methyl sites for hydroxylation is 1. The monoisotopic (exact) mass is 238 g/mol. The van der Waals surface area contributed by atoms with Gasteiger partial charge in [0.15, 0.2) is 0 Å². The first-order chi connectivity index (χ1) is 8.79. The molecule has 18 heavy (non-hydrogen) atoms. The summed E-state index contributed by atoms with van der Waals surface area (Å²) in [5, 5.41) is 8.38. The van der Waals surface area contributed by atoms with Crippen LogP contribution < -0.4 is 5.73 Å². The van der Waals surface area contributed by atoms with Gasteiger partial charge >= 0.3 is 0 Å². The molecule has 0 radical (unpaired) electrons. The van der Waals surface area contributed by atoms with Crippen LogP contribution in [0.25, 0.3) is 16.7 Å². The molecular weight excluding hydrogens is 224 g/mol. The molecule has 0 aliphatic carbocycles. The highest BCUT2D eigenvalue weighted by molar-refractivity contribution is 5.76. The number of hydrogen-bond acceptors (Lipinski definition) is 3. The second-order valence-electron chi connectivity index (χ2n) is 4.33. The Bertz CT molecular complexity index is 700. The van der Waals surface area contributed by atoms with E-state index in [-0.39, 0.29) is 0 Å². The molecular formula is C14H14N4. The third-order valence-electron chi connectivity index (χ3n) is 3.03. The number of hydrogen-bond donors (Lipinski definition) is 1. The number of nitrogens with zero attached hydrogens (tertiary/aromatic N) is 3. The zero-order valence-corrected chi connectivity index (χ0v) is 10.2. The molecule has 0 aliphatic rings. The minimum absolute atomic E-state index is 0.491. The molecule has 0 spiro atoms. The number of fused-ring (bicyclic) bond motifs is 1. The van der Waals surface area contributed by atoms with Crippen molar-refractivity contribution < 1.29 is 0 Å². The molecule has 1 heterocycles. The fourth-order valence-corrected chi connectivity index (χ4v) is 2.13. The van der Waals surface area contributed by atoms with E-state index in [0.29, 0.717) is 6.54 Å². The maximum Gasteiger partial charge on any atom is 0.113 e. The van der Waals surface area contributed by atoms with Gasteiger partial charge in [-0.05, 0) is 30.7 Å². The van der Waals surface area contributed by atoms with E-state index in [1.54, 1.807) is 0 Å². The molecule has 0 fully saturated rings. The molecule has 1 aromatic heterocycles. The summed E-state index contributed by atoms with van der Waals surface area (Å²) in [4.78, 5) is 0. The number of aromatic nitrogens is 3. The Balaban J connectivity index is 2.26. The van der Waals surface area contributed by atoms with Gasteiger partial charge in [-0.15, -0.1) is 5.10 Å². The molecule has 90 valence electrons. The predicted octanol–water partition coefficient (Wildman–Crippen LogP) is 2.19. The highest BCUT2D eigenvalue weighted by Crippen LogP contribution is 2.20. The fourth-order valence-electron chi connectivity index (χ4n) is 2.13. The summed E-state index contributed by atoms with van der Waals surface area (Å²) >= 11 is 0. The van der Waals surface area contributed by atoms with Gasteiger partial charge in [0.1, 0.15) is 5.52 Å². The molecule has 0 atom stereocenters. The molecule has 0 bridgehead atoms. The largest absolute Gasteiger partial charge is 0.326 e. The average Bonchev–Trinajstić information content (AvgIpc) is 2.82. The van der Waals surface area contributed by atoms with E-state index in [1.165, 1.54) is 5.56 Å². The van der Waals surface area contributed by atoms with Gasteiger partial charge in [0.05, 0.1) is 11.2 Å². The number of benzene rings is 2. The van der Waals surface area contributed by atoms with E-state index in [4.69, 9.17) is 5.73 Å². The smallest absolute Gasteiger partial charge is 0.113 e. The SMILES string of the molecule is Cc1ccc(-n2nnc3ccccc32)c(CN)c1. The van der Waals surface area contributed by atoms with Gasteiger partial charge in [-0.25, -0.2) is 4.68 Å². The Morgan fingerprint density at radius 3 is 2.83 bits per heavy atom. The highest BCUT2D eigenvalue weighted by Gasteiger charge is 2.09. The number of nitrogens with two attached hydrogens (primary N) is 1. The van der Waals surface area contributed by atoms with Crippen LogP contribution in [0.1, 0.15) is 11.1 Å². The summed E-state index contributed by atoms with van der Waals surface area (Å²) in [7, 11) is 0. The van der Waals surface area contributed by atoms with E-state index in [9.17, 15) is 0 Å².